The lowest BCUT2D eigenvalue weighted by Crippen LogP contribution is -2.46. The lowest BCUT2D eigenvalue weighted by Gasteiger charge is -2.33. The van der Waals surface area contributed by atoms with Gasteiger partial charge in [0.05, 0.1) is 0 Å². The first-order chi connectivity index (χ1) is 12.4. The van der Waals surface area contributed by atoms with Crippen LogP contribution in [0.4, 0.5) is 29.5 Å². The number of urea groups is 1. The van der Waals surface area contributed by atoms with Crippen molar-refractivity contribution in [2.24, 2.45) is 0 Å². The fraction of sp³-hybridized carbons (Fsp3) is 0.412. The number of benzene rings is 1. The normalized spacial score (nSPS) is 17.8. The number of nitrogens with one attached hydrogen (secondary N) is 2. The molecule has 0 spiro atoms. The summed E-state index contributed by atoms with van der Waals surface area (Å²) >= 11 is 0. The first-order valence-electron chi connectivity index (χ1n) is 8.37. The van der Waals surface area contributed by atoms with Gasteiger partial charge in [-0.25, -0.2) is 4.79 Å². The Hall–Kier alpha value is -2.71. The zero-order valence-corrected chi connectivity index (χ0v) is 14.0. The van der Waals surface area contributed by atoms with E-state index in [-0.39, 0.29) is 17.9 Å². The third-order valence-electron chi connectivity index (χ3n) is 4.07. The maximum absolute atomic E-state index is 12.4. The summed E-state index contributed by atoms with van der Waals surface area (Å²) in [6.45, 7) is -0.0678. The number of rotatable bonds is 4. The summed E-state index contributed by atoms with van der Waals surface area (Å²) in [6, 6.07) is 10.9. The van der Waals surface area contributed by atoms with Crippen LogP contribution >= 0.6 is 0 Å². The van der Waals surface area contributed by atoms with Crippen molar-refractivity contribution >= 4 is 17.5 Å². The molecule has 1 aliphatic heterocycles. The number of anilines is 2. The van der Waals surface area contributed by atoms with Gasteiger partial charge < -0.3 is 10.2 Å². The number of piperidine rings is 1. The van der Waals surface area contributed by atoms with Gasteiger partial charge in [0.25, 0.3) is 0 Å². The largest absolute Gasteiger partial charge is 0.408 e. The van der Waals surface area contributed by atoms with Gasteiger partial charge in [-0.15, -0.1) is 0 Å². The van der Waals surface area contributed by atoms with Crippen LogP contribution in [0, 0.1) is 0 Å². The molecule has 6 nitrogen and oxygen atoms in total. The van der Waals surface area contributed by atoms with Gasteiger partial charge in [0, 0.05) is 37.1 Å². The zero-order chi connectivity index (χ0) is 18.6. The highest BCUT2D eigenvalue weighted by Gasteiger charge is 2.29. The molecule has 1 atom stereocenters. The molecule has 0 saturated carbocycles. The molecule has 2 amide bonds. The van der Waals surface area contributed by atoms with Gasteiger partial charge in [-0.1, -0.05) is 18.2 Å². The van der Waals surface area contributed by atoms with Crippen LogP contribution in [0.2, 0.25) is 0 Å². The molecular formula is C17H20F3N5O. The van der Waals surface area contributed by atoms with Gasteiger partial charge in [0.1, 0.15) is 6.54 Å². The number of amides is 2. The van der Waals surface area contributed by atoms with Crippen molar-refractivity contribution in [2.75, 3.05) is 23.7 Å². The Morgan fingerprint density at radius 3 is 2.73 bits per heavy atom. The molecule has 1 aromatic carbocycles. The van der Waals surface area contributed by atoms with Crippen molar-refractivity contribution in [3.63, 3.8) is 0 Å². The molecule has 9 heteroatoms. The summed E-state index contributed by atoms with van der Waals surface area (Å²) in [5.74, 6) is 0.109. The summed E-state index contributed by atoms with van der Waals surface area (Å²) in [5, 5.41) is 9.69. The number of hydrogen-bond acceptors (Lipinski definition) is 3. The van der Waals surface area contributed by atoms with Crippen LogP contribution in [0.25, 0.3) is 0 Å². The van der Waals surface area contributed by atoms with E-state index in [9.17, 15) is 18.0 Å². The second-order valence-corrected chi connectivity index (χ2v) is 6.24. The highest BCUT2D eigenvalue weighted by Crippen LogP contribution is 2.19. The number of hydrogen-bond donors (Lipinski definition) is 2. The molecule has 140 valence electrons. The molecule has 26 heavy (non-hydrogen) atoms. The zero-order valence-electron chi connectivity index (χ0n) is 14.0. The number of nitrogens with zero attached hydrogens (tertiary/aromatic N) is 3. The van der Waals surface area contributed by atoms with E-state index in [4.69, 9.17) is 0 Å². The predicted octanol–water partition coefficient (Wildman–Crippen LogP) is 3.55. The van der Waals surface area contributed by atoms with E-state index in [1.807, 2.05) is 30.3 Å². The summed E-state index contributed by atoms with van der Waals surface area (Å²) < 4.78 is 37.8. The lowest BCUT2D eigenvalue weighted by molar-refractivity contribution is -0.142. The van der Waals surface area contributed by atoms with Crippen molar-refractivity contribution < 1.29 is 18.0 Å². The Bertz CT molecular complexity index is 731. The number of para-hydroxylation sites is 1. The third-order valence-corrected chi connectivity index (χ3v) is 4.07. The number of likely N-dealkylation sites (tertiary alicyclic amines) is 1. The topological polar surface area (TPSA) is 62.2 Å². The Labute approximate surface area is 149 Å². The molecule has 2 N–H and O–H groups in total. The molecule has 0 unspecified atom stereocenters. The van der Waals surface area contributed by atoms with Crippen LogP contribution in [0.3, 0.4) is 0 Å². The fourth-order valence-corrected chi connectivity index (χ4v) is 2.94. The average Bonchev–Trinajstić information content (AvgIpc) is 3.01. The molecular weight excluding hydrogens is 347 g/mol. The second-order valence-electron chi connectivity index (χ2n) is 6.24. The van der Waals surface area contributed by atoms with E-state index < -0.39 is 12.7 Å². The van der Waals surface area contributed by atoms with Gasteiger partial charge >= 0.3 is 12.2 Å². The molecule has 1 saturated heterocycles. The molecule has 0 bridgehead atoms. The molecule has 1 fully saturated rings. The minimum Gasteiger partial charge on any atom is -0.381 e. The minimum absolute atomic E-state index is 0.109. The molecule has 1 aromatic heterocycles. The maximum atomic E-state index is 12.4. The van der Waals surface area contributed by atoms with E-state index >= 15 is 0 Å². The van der Waals surface area contributed by atoms with Gasteiger partial charge in [-0.3, -0.25) is 10.00 Å². The summed E-state index contributed by atoms with van der Waals surface area (Å²) in [5.41, 5.74) is 0.991. The van der Waals surface area contributed by atoms with Gasteiger partial charge in [-0.05, 0) is 25.0 Å². The molecule has 2 aromatic rings. The van der Waals surface area contributed by atoms with Crippen LogP contribution in [0.1, 0.15) is 12.8 Å². The highest BCUT2D eigenvalue weighted by atomic mass is 19.4. The van der Waals surface area contributed by atoms with Gasteiger partial charge in [0.15, 0.2) is 5.82 Å². The van der Waals surface area contributed by atoms with Gasteiger partial charge in [-0.2, -0.15) is 18.3 Å². The monoisotopic (exact) mass is 367 g/mol. The Balaban J connectivity index is 1.54. The second kappa shape index (κ2) is 7.67. The van der Waals surface area contributed by atoms with E-state index in [0.717, 1.165) is 23.2 Å². The number of aromatic nitrogens is 2. The van der Waals surface area contributed by atoms with Crippen LogP contribution in [-0.2, 0) is 6.54 Å². The quantitative estimate of drug-likeness (QED) is 0.869. The summed E-state index contributed by atoms with van der Waals surface area (Å²) in [4.78, 5) is 14.0. The van der Waals surface area contributed by atoms with Crippen LogP contribution < -0.4 is 10.6 Å². The summed E-state index contributed by atoms with van der Waals surface area (Å²) in [6.07, 6.45) is -1.37. The number of alkyl halides is 3. The van der Waals surface area contributed by atoms with Crippen molar-refractivity contribution in [2.45, 2.75) is 31.6 Å². The van der Waals surface area contributed by atoms with Crippen molar-refractivity contribution in [1.29, 1.82) is 0 Å². The number of carbonyl (C=O) groups excluding carboxylic acids is 1. The number of halogens is 3. The predicted molar refractivity (Wildman–Crippen MR) is 92.0 cm³/mol. The van der Waals surface area contributed by atoms with E-state index in [1.54, 1.807) is 4.90 Å². The van der Waals surface area contributed by atoms with Crippen molar-refractivity contribution in [3.8, 4) is 0 Å². The lowest BCUT2D eigenvalue weighted by atomic mass is 10.1. The molecule has 2 heterocycles. The molecule has 1 aliphatic rings. The Morgan fingerprint density at radius 1 is 1.23 bits per heavy atom. The average molecular weight is 367 g/mol. The summed E-state index contributed by atoms with van der Waals surface area (Å²) in [7, 11) is 0. The minimum atomic E-state index is -4.35. The first kappa shape index (κ1) is 18.1. The maximum Gasteiger partial charge on any atom is 0.408 e. The Kier molecular flexibility index (Phi) is 5.34. The van der Waals surface area contributed by atoms with Gasteiger partial charge in [0.2, 0.25) is 0 Å². The smallest absolute Gasteiger partial charge is 0.381 e. The van der Waals surface area contributed by atoms with Crippen LogP contribution in [0.5, 0.6) is 0 Å². The van der Waals surface area contributed by atoms with Crippen molar-refractivity contribution in [1.82, 2.24) is 14.7 Å². The highest BCUT2D eigenvalue weighted by molar-refractivity contribution is 5.88. The third kappa shape index (κ3) is 5.14. The fourth-order valence-electron chi connectivity index (χ4n) is 2.94. The molecule has 0 aliphatic carbocycles. The van der Waals surface area contributed by atoms with E-state index in [1.165, 1.54) is 12.3 Å². The molecule has 0 radical (unpaired) electrons. The Morgan fingerprint density at radius 2 is 2.00 bits per heavy atom. The standard InChI is InChI=1S/C17H20F3N5O/c18-17(19,20)12-25-10-8-15(23-25)22-16(26)24-9-4-7-14(11-24)21-13-5-2-1-3-6-13/h1-3,5-6,8,10,14,21H,4,7,9,11-12H2,(H,22,23,26)/t14-/m0/s1. The van der Waals surface area contributed by atoms with Crippen LogP contribution in [0.15, 0.2) is 42.6 Å². The molecule has 3 rings (SSSR count). The SMILES string of the molecule is O=C(Nc1ccn(CC(F)(F)F)n1)N1CCC[C@H](Nc2ccccc2)C1. The number of carbonyl (C=O) groups is 1. The van der Waals surface area contributed by atoms with Crippen LogP contribution in [-0.4, -0.2) is 46.0 Å². The van der Waals surface area contributed by atoms with Crippen molar-refractivity contribution in [3.05, 3.63) is 42.6 Å². The van der Waals surface area contributed by atoms with E-state index in [0.29, 0.717) is 13.1 Å². The van der Waals surface area contributed by atoms with E-state index in [2.05, 4.69) is 15.7 Å². The first-order valence-corrected chi connectivity index (χ1v) is 8.37.